The van der Waals surface area contributed by atoms with Crippen molar-refractivity contribution >= 4 is 17.5 Å². The number of ketones is 1. The van der Waals surface area contributed by atoms with Gasteiger partial charge in [0.2, 0.25) is 5.88 Å². The van der Waals surface area contributed by atoms with Crippen LogP contribution >= 0.6 is 0 Å². The quantitative estimate of drug-likeness (QED) is 0.754. The lowest BCUT2D eigenvalue weighted by molar-refractivity contribution is -0.114. The van der Waals surface area contributed by atoms with E-state index in [-0.39, 0.29) is 5.78 Å². The number of carbonyl (C=O) groups is 1. The van der Waals surface area contributed by atoms with E-state index in [2.05, 4.69) is 5.32 Å². The minimum atomic E-state index is 0.0304. The fourth-order valence-corrected chi connectivity index (χ4v) is 1.80. The van der Waals surface area contributed by atoms with Crippen molar-refractivity contribution in [3.63, 3.8) is 0 Å². The SMILES string of the molecule is CC(=O)C1=C2Nc3ccccc3C=C1O2. The summed E-state index contributed by atoms with van der Waals surface area (Å²) in [7, 11) is 0. The Morgan fingerprint density at radius 3 is 2.93 bits per heavy atom. The first-order valence-electron chi connectivity index (χ1n) is 4.77. The minimum absolute atomic E-state index is 0.0304. The Hall–Kier alpha value is -2.03. The van der Waals surface area contributed by atoms with Gasteiger partial charge < -0.3 is 10.1 Å². The van der Waals surface area contributed by atoms with Gasteiger partial charge in [0.25, 0.3) is 0 Å². The summed E-state index contributed by atoms with van der Waals surface area (Å²) in [6.07, 6.45) is 1.88. The van der Waals surface area contributed by atoms with Crippen LogP contribution in [-0.2, 0) is 9.53 Å². The summed E-state index contributed by atoms with van der Waals surface area (Å²) in [4.78, 5) is 11.3. The Bertz CT molecular complexity index is 526. The smallest absolute Gasteiger partial charge is 0.212 e. The number of hydrogen-bond donors (Lipinski definition) is 1. The van der Waals surface area contributed by atoms with E-state index in [1.165, 1.54) is 0 Å². The molecule has 0 fully saturated rings. The van der Waals surface area contributed by atoms with Crippen LogP contribution in [0.15, 0.2) is 41.5 Å². The van der Waals surface area contributed by atoms with E-state index in [1.54, 1.807) is 6.92 Å². The van der Waals surface area contributed by atoms with Crippen molar-refractivity contribution in [1.29, 1.82) is 0 Å². The van der Waals surface area contributed by atoms with Crippen LogP contribution in [0.5, 0.6) is 0 Å². The Morgan fingerprint density at radius 2 is 2.13 bits per heavy atom. The molecule has 0 aliphatic carbocycles. The second kappa shape index (κ2) is 2.73. The van der Waals surface area contributed by atoms with Gasteiger partial charge >= 0.3 is 0 Å². The molecule has 74 valence electrons. The van der Waals surface area contributed by atoms with E-state index in [0.717, 1.165) is 11.3 Å². The van der Waals surface area contributed by atoms with Gasteiger partial charge in [-0.05, 0) is 19.1 Å². The number of anilines is 1. The van der Waals surface area contributed by atoms with E-state index in [4.69, 9.17) is 4.74 Å². The molecule has 15 heavy (non-hydrogen) atoms. The second-order valence-electron chi connectivity index (χ2n) is 3.58. The van der Waals surface area contributed by atoms with Crippen LogP contribution < -0.4 is 5.32 Å². The lowest BCUT2D eigenvalue weighted by Gasteiger charge is -2.23. The Morgan fingerprint density at radius 1 is 1.33 bits per heavy atom. The van der Waals surface area contributed by atoms with Crippen LogP contribution in [0.4, 0.5) is 5.69 Å². The zero-order chi connectivity index (χ0) is 10.4. The molecule has 0 radical (unpaired) electrons. The average Bonchev–Trinajstić information content (AvgIpc) is 2.43. The van der Waals surface area contributed by atoms with Crippen LogP contribution in [0.1, 0.15) is 12.5 Å². The molecule has 0 amide bonds. The minimum Gasteiger partial charge on any atom is -0.439 e. The third-order valence-electron chi connectivity index (χ3n) is 2.53. The highest BCUT2D eigenvalue weighted by Gasteiger charge is 2.32. The van der Waals surface area contributed by atoms with Gasteiger partial charge in [0, 0.05) is 11.3 Å². The van der Waals surface area contributed by atoms with Crippen LogP contribution in [0.2, 0.25) is 0 Å². The van der Waals surface area contributed by atoms with Crippen LogP contribution in [0.25, 0.3) is 6.08 Å². The first kappa shape index (κ1) is 8.29. The van der Waals surface area contributed by atoms with E-state index < -0.39 is 0 Å². The number of para-hydroxylation sites is 1. The van der Waals surface area contributed by atoms with Gasteiger partial charge in [0.1, 0.15) is 11.3 Å². The Labute approximate surface area is 87.1 Å². The standard InChI is InChI=1S/C12H9NO2/c1-7(14)11-10-6-8-4-2-3-5-9(8)13-12(11)15-10/h2-6,13H,1H3. The van der Waals surface area contributed by atoms with Gasteiger partial charge in [-0.25, -0.2) is 0 Å². The number of Topliss-reactive ketones (excluding diaryl/α,β-unsaturated/α-hetero) is 1. The van der Waals surface area contributed by atoms with Crippen molar-refractivity contribution in [3.8, 4) is 0 Å². The molecule has 0 atom stereocenters. The monoisotopic (exact) mass is 199 g/mol. The molecule has 2 bridgehead atoms. The molecule has 3 heterocycles. The highest BCUT2D eigenvalue weighted by Crippen LogP contribution is 2.38. The lowest BCUT2D eigenvalue weighted by Crippen LogP contribution is -2.21. The number of ether oxygens (including phenoxy) is 1. The first-order chi connectivity index (χ1) is 7.25. The van der Waals surface area contributed by atoms with Gasteiger partial charge in [0.15, 0.2) is 5.78 Å². The fraction of sp³-hybridized carbons (Fsp3) is 0.0833. The molecule has 0 saturated heterocycles. The summed E-state index contributed by atoms with van der Waals surface area (Å²) in [5, 5.41) is 3.10. The molecule has 0 spiro atoms. The van der Waals surface area contributed by atoms with Crippen molar-refractivity contribution in [3.05, 3.63) is 47.0 Å². The Kier molecular flexibility index (Phi) is 1.51. The van der Waals surface area contributed by atoms with Crippen molar-refractivity contribution < 1.29 is 9.53 Å². The van der Waals surface area contributed by atoms with E-state index in [0.29, 0.717) is 17.2 Å². The molecule has 3 nitrogen and oxygen atoms in total. The van der Waals surface area contributed by atoms with Gasteiger partial charge in [-0.15, -0.1) is 0 Å². The number of carbonyl (C=O) groups excluding carboxylic acids is 1. The van der Waals surface area contributed by atoms with Crippen molar-refractivity contribution in [2.24, 2.45) is 0 Å². The molecular weight excluding hydrogens is 190 g/mol. The number of benzene rings is 1. The summed E-state index contributed by atoms with van der Waals surface area (Å²) in [6.45, 7) is 1.54. The third kappa shape index (κ3) is 1.09. The largest absolute Gasteiger partial charge is 0.439 e. The zero-order valence-corrected chi connectivity index (χ0v) is 8.20. The van der Waals surface area contributed by atoms with Crippen LogP contribution in [0, 0.1) is 0 Å². The maximum absolute atomic E-state index is 11.3. The van der Waals surface area contributed by atoms with Gasteiger partial charge in [-0.2, -0.15) is 0 Å². The summed E-state index contributed by atoms with van der Waals surface area (Å²) in [6, 6.07) is 7.85. The number of allylic oxidation sites excluding steroid dienone is 1. The number of hydrogen-bond acceptors (Lipinski definition) is 3. The predicted octanol–water partition coefficient (Wildman–Crippen LogP) is 2.28. The molecule has 3 aliphatic rings. The molecule has 1 aromatic rings. The highest BCUT2D eigenvalue weighted by atomic mass is 16.5. The maximum Gasteiger partial charge on any atom is 0.212 e. The first-order valence-corrected chi connectivity index (χ1v) is 4.77. The van der Waals surface area contributed by atoms with E-state index in [1.807, 2.05) is 30.3 Å². The van der Waals surface area contributed by atoms with Gasteiger partial charge in [-0.1, -0.05) is 18.2 Å². The molecular formula is C12H9NO2. The van der Waals surface area contributed by atoms with Crippen molar-refractivity contribution in [2.75, 3.05) is 5.32 Å². The molecule has 3 heteroatoms. The van der Waals surface area contributed by atoms with Crippen LogP contribution in [-0.4, -0.2) is 5.78 Å². The summed E-state index contributed by atoms with van der Waals surface area (Å²) in [5.74, 6) is 1.26. The topological polar surface area (TPSA) is 38.3 Å². The van der Waals surface area contributed by atoms with Crippen molar-refractivity contribution in [1.82, 2.24) is 0 Å². The van der Waals surface area contributed by atoms with E-state index in [9.17, 15) is 4.79 Å². The Balaban J connectivity index is 2.16. The molecule has 1 aromatic carbocycles. The highest BCUT2D eigenvalue weighted by molar-refractivity contribution is 6.02. The lowest BCUT2D eigenvalue weighted by atomic mass is 10.1. The number of nitrogens with one attached hydrogen (secondary N) is 1. The normalized spacial score (nSPS) is 16.5. The summed E-state index contributed by atoms with van der Waals surface area (Å²) in [5.41, 5.74) is 2.67. The van der Waals surface area contributed by atoms with Gasteiger partial charge in [0.05, 0.1) is 0 Å². The second-order valence-corrected chi connectivity index (χ2v) is 3.58. The zero-order valence-electron chi connectivity index (χ0n) is 8.20. The summed E-state index contributed by atoms with van der Waals surface area (Å²) >= 11 is 0. The molecule has 3 aliphatic heterocycles. The molecule has 0 saturated carbocycles. The predicted molar refractivity (Wildman–Crippen MR) is 56.8 cm³/mol. The maximum atomic E-state index is 11.3. The summed E-state index contributed by atoms with van der Waals surface area (Å²) < 4.78 is 5.37. The average molecular weight is 199 g/mol. The molecule has 4 rings (SSSR count). The van der Waals surface area contributed by atoms with E-state index >= 15 is 0 Å². The van der Waals surface area contributed by atoms with Gasteiger partial charge in [-0.3, -0.25) is 4.79 Å². The fourth-order valence-electron chi connectivity index (χ4n) is 1.80. The van der Waals surface area contributed by atoms with Crippen molar-refractivity contribution in [2.45, 2.75) is 6.92 Å². The molecule has 0 unspecified atom stereocenters. The number of rotatable bonds is 1. The molecule has 1 N–H and O–H groups in total. The third-order valence-corrected chi connectivity index (χ3v) is 2.53. The van der Waals surface area contributed by atoms with Crippen LogP contribution in [0.3, 0.4) is 0 Å². The molecule has 0 aromatic heterocycles.